The van der Waals surface area contributed by atoms with E-state index in [0.717, 1.165) is 55.1 Å². The topological polar surface area (TPSA) is 71.0 Å². The van der Waals surface area contributed by atoms with Crippen molar-refractivity contribution in [3.63, 3.8) is 0 Å². The molecule has 0 aliphatic carbocycles. The molecule has 0 radical (unpaired) electrons. The molecular weight excluding hydrogens is 394 g/mol. The molecule has 160 valence electrons. The lowest BCUT2D eigenvalue weighted by molar-refractivity contribution is 0.106. The molecule has 1 amide bonds. The first-order chi connectivity index (χ1) is 15.2. The van der Waals surface area contributed by atoms with Gasteiger partial charge in [0.1, 0.15) is 11.6 Å². The summed E-state index contributed by atoms with van der Waals surface area (Å²) in [6, 6.07) is 15.5. The number of benzene rings is 1. The van der Waals surface area contributed by atoms with Gasteiger partial charge in [-0.3, -0.25) is 14.8 Å². The van der Waals surface area contributed by atoms with E-state index in [1.165, 1.54) is 0 Å². The molecule has 1 aromatic carbocycles. The van der Waals surface area contributed by atoms with Crippen molar-refractivity contribution < 1.29 is 14.3 Å². The predicted octanol–water partition coefficient (Wildman–Crippen LogP) is 2.79. The zero-order valence-electron chi connectivity index (χ0n) is 17.5. The van der Waals surface area contributed by atoms with Gasteiger partial charge in [-0.25, -0.2) is 9.78 Å². The maximum Gasteiger partial charge on any atom is 0.414 e. The third-order valence-electron chi connectivity index (χ3n) is 5.86. The number of carbonyl (C=O) groups is 1. The molecular formula is C23H25N5O3. The van der Waals surface area contributed by atoms with Gasteiger partial charge in [0.25, 0.3) is 0 Å². The van der Waals surface area contributed by atoms with Crippen LogP contribution in [0.3, 0.4) is 0 Å². The second-order valence-corrected chi connectivity index (χ2v) is 7.79. The van der Waals surface area contributed by atoms with Gasteiger partial charge >= 0.3 is 6.09 Å². The van der Waals surface area contributed by atoms with Crippen LogP contribution in [0.2, 0.25) is 0 Å². The van der Waals surface area contributed by atoms with Crippen molar-refractivity contribution in [3.8, 4) is 5.88 Å². The Morgan fingerprint density at radius 1 is 1.06 bits per heavy atom. The molecule has 2 saturated heterocycles. The van der Waals surface area contributed by atoms with Crippen LogP contribution >= 0.6 is 0 Å². The average Bonchev–Trinajstić information content (AvgIpc) is 3.19. The Bertz CT molecular complexity index is 1070. The average molecular weight is 419 g/mol. The minimum Gasteiger partial charge on any atom is -0.481 e. The van der Waals surface area contributed by atoms with E-state index in [0.29, 0.717) is 12.4 Å². The Balaban J connectivity index is 1.22. The molecule has 5 rings (SSSR count). The maximum atomic E-state index is 12.3. The molecule has 1 atom stereocenters. The number of aromatic nitrogens is 2. The second-order valence-electron chi connectivity index (χ2n) is 7.79. The number of fused-ring (bicyclic) bond motifs is 1. The van der Waals surface area contributed by atoms with Gasteiger partial charge < -0.3 is 14.4 Å². The smallest absolute Gasteiger partial charge is 0.414 e. The molecule has 0 spiro atoms. The van der Waals surface area contributed by atoms with Crippen molar-refractivity contribution in [3.05, 3.63) is 54.7 Å². The summed E-state index contributed by atoms with van der Waals surface area (Å²) in [7, 11) is 1.62. The number of para-hydroxylation sites is 1. The summed E-state index contributed by atoms with van der Waals surface area (Å²) >= 11 is 0. The largest absolute Gasteiger partial charge is 0.481 e. The van der Waals surface area contributed by atoms with Crippen LogP contribution in [-0.4, -0.2) is 73.4 Å². The van der Waals surface area contributed by atoms with E-state index in [4.69, 9.17) is 9.47 Å². The van der Waals surface area contributed by atoms with Crippen molar-refractivity contribution in [2.75, 3.05) is 56.2 Å². The first kappa shape index (κ1) is 19.6. The molecule has 2 aromatic heterocycles. The number of hydrogen-bond donors (Lipinski definition) is 0. The number of methoxy groups -OCH3 is 1. The third kappa shape index (κ3) is 3.98. The molecule has 0 N–H and O–H groups in total. The number of piperazine rings is 1. The fourth-order valence-electron chi connectivity index (χ4n) is 4.26. The number of rotatable bonds is 5. The van der Waals surface area contributed by atoms with Crippen LogP contribution in [0.4, 0.5) is 16.2 Å². The van der Waals surface area contributed by atoms with Crippen molar-refractivity contribution >= 4 is 28.5 Å². The van der Waals surface area contributed by atoms with E-state index in [2.05, 4.69) is 19.8 Å². The highest BCUT2D eigenvalue weighted by Gasteiger charge is 2.34. The monoisotopic (exact) mass is 419 g/mol. The molecule has 2 fully saturated rings. The van der Waals surface area contributed by atoms with Gasteiger partial charge in [-0.1, -0.05) is 18.2 Å². The standard InChI is InChI=1S/C23H25N5O3/c1-30-21-8-7-19-22(25-21)20(9-10-24-19)27-13-11-26(12-14-27)15-18-16-28(23(29)31-18)17-5-3-2-4-6-17/h2-10,18H,11-16H2,1H3. The lowest BCUT2D eigenvalue weighted by Gasteiger charge is -2.36. The van der Waals surface area contributed by atoms with Gasteiger partial charge in [-0.15, -0.1) is 0 Å². The normalized spacial score (nSPS) is 19.6. The van der Waals surface area contributed by atoms with E-state index in [-0.39, 0.29) is 12.2 Å². The highest BCUT2D eigenvalue weighted by atomic mass is 16.6. The number of ether oxygens (including phenoxy) is 2. The highest BCUT2D eigenvalue weighted by Crippen LogP contribution is 2.27. The van der Waals surface area contributed by atoms with Crippen LogP contribution in [0.1, 0.15) is 0 Å². The molecule has 2 aliphatic rings. The molecule has 3 aromatic rings. The van der Waals surface area contributed by atoms with Crippen molar-refractivity contribution in [2.24, 2.45) is 0 Å². The van der Waals surface area contributed by atoms with Crippen molar-refractivity contribution in [2.45, 2.75) is 6.10 Å². The molecule has 2 aliphatic heterocycles. The minimum absolute atomic E-state index is 0.119. The minimum atomic E-state index is -0.266. The Kier molecular flexibility index (Phi) is 5.30. The van der Waals surface area contributed by atoms with E-state index in [9.17, 15) is 4.79 Å². The lowest BCUT2D eigenvalue weighted by atomic mass is 10.2. The van der Waals surface area contributed by atoms with Crippen LogP contribution in [-0.2, 0) is 4.74 Å². The molecule has 31 heavy (non-hydrogen) atoms. The summed E-state index contributed by atoms with van der Waals surface area (Å²) in [5.41, 5.74) is 3.68. The fraction of sp³-hybridized carbons (Fsp3) is 0.348. The van der Waals surface area contributed by atoms with Crippen LogP contribution in [0.15, 0.2) is 54.7 Å². The van der Waals surface area contributed by atoms with Crippen LogP contribution in [0.25, 0.3) is 11.0 Å². The molecule has 0 saturated carbocycles. The first-order valence-corrected chi connectivity index (χ1v) is 10.5. The molecule has 0 bridgehead atoms. The maximum absolute atomic E-state index is 12.3. The summed E-state index contributed by atoms with van der Waals surface area (Å²) in [6.45, 7) is 4.87. The van der Waals surface area contributed by atoms with Gasteiger partial charge in [0.05, 0.1) is 24.9 Å². The summed E-state index contributed by atoms with van der Waals surface area (Å²) in [4.78, 5) is 27.7. The van der Waals surface area contributed by atoms with Crippen LogP contribution < -0.4 is 14.5 Å². The van der Waals surface area contributed by atoms with Crippen molar-refractivity contribution in [1.82, 2.24) is 14.9 Å². The molecule has 8 heteroatoms. The third-order valence-corrected chi connectivity index (χ3v) is 5.86. The number of hydrogen-bond acceptors (Lipinski definition) is 7. The number of cyclic esters (lactones) is 1. The second kappa shape index (κ2) is 8.39. The zero-order chi connectivity index (χ0) is 21.2. The lowest BCUT2D eigenvalue weighted by Crippen LogP contribution is -2.49. The van der Waals surface area contributed by atoms with E-state index in [1.54, 1.807) is 12.0 Å². The van der Waals surface area contributed by atoms with Crippen molar-refractivity contribution in [1.29, 1.82) is 0 Å². The SMILES string of the molecule is COc1ccc2nccc(N3CCN(CC4CN(c5ccccc5)C(=O)O4)CC3)c2n1. The van der Waals surface area contributed by atoms with Gasteiger partial charge in [-0.2, -0.15) is 0 Å². The summed E-state index contributed by atoms with van der Waals surface area (Å²) in [5, 5.41) is 0. The van der Waals surface area contributed by atoms with Gasteiger partial charge in [-0.05, 0) is 24.3 Å². The van der Waals surface area contributed by atoms with Crippen LogP contribution in [0, 0.1) is 0 Å². The fourth-order valence-corrected chi connectivity index (χ4v) is 4.26. The van der Waals surface area contributed by atoms with Gasteiger partial charge in [0.2, 0.25) is 5.88 Å². The Hall–Kier alpha value is -3.39. The predicted molar refractivity (Wildman–Crippen MR) is 119 cm³/mol. The van der Waals surface area contributed by atoms with Gasteiger partial charge in [0, 0.05) is 50.7 Å². The summed E-state index contributed by atoms with van der Waals surface area (Å²) in [6.07, 6.45) is 1.44. The van der Waals surface area contributed by atoms with E-state index >= 15 is 0 Å². The van der Waals surface area contributed by atoms with E-state index in [1.807, 2.05) is 54.7 Å². The summed E-state index contributed by atoms with van der Waals surface area (Å²) < 4.78 is 10.9. The molecule has 8 nitrogen and oxygen atoms in total. The summed E-state index contributed by atoms with van der Waals surface area (Å²) in [5.74, 6) is 0.589. The number of anilines is 2. The number of pyridine rings is 2. The highest BCUT2D eigenvalue weighted by molar-refractivity contribution is 5.90. The first-order valence-electron chi connectivity index (χ1n) is 10.5. The molecule has 1 unspecified atom stereocenters. The number of carbonyl (C=O) groups excluding carboxylic acids is 1. The Morgan fingerprint density at radius 3 is 2.65 bits per heavy atom. The quantitative estimate of drug-likeness (QED) is 0.630. The number of amides is 1. The molecule has 4 heterocycles. The Morgan fingerprint density at radius 2 is 1.87 bits per heavy atom. The number of nitrogens with zero attached hydrogens (tertiary/aromatic N) is 5. The van der Waals surface area contributed by atoms with Crippen LogP contribution in [0.5, 0.6) is 5.88 Å². The van der Waals surface area contributed by atoms with Gasteiger partial charge in [0.15, 0.2) is 0 Å². The van der Waals surface area contributed by atoms with E-state index < -0.39 is 0 Å². The Labute approximate surface area is 181 Å². The zero-order valence-corrected chi connectivity index (χ0v) is 17.5.